The van der Waals surface area contributed by atoms with Gasteiger partial charge in [0.25, 0.3) is 0 Å². The van der Waals surface area contributed by atoms with E-state index in [-0.39, 0.29) is 0 Å². The van der Waals surface area contributed by atoms with Gasteiger partial charge in [-0.15, -0.1) is 0 Å². The molecule has 2 N–H and O–H groups in total. The summed E-state index contributed by atoms with van der Waals surface area (Å²) in [6.07, 6.45) is 4.24. The van der Waals surface area contributed by atoms with E-state index in [1.807, 2.05) is 0 Å². The van der Waals surface area contributed by atoms with Crippen LogP contribution in [0.5, 0.6) is 0 Å². The molecular weight excluding hydrogens is 124 g/mol. The number of fused-ring (bicyclic) bond motifs is 2. The summed E-state index contributed by atoms with van der Waals surface area (Å²) in [6.45, 7) is 2.54. The van der Waals surface area contributed by atoms with Gasteiger partial charge in [-0.2, -0.15) is 0 Å². The third-order valence-corrected chi connectivity index (χ3v) is 3.45. The van der Waals surface area contributed by atoms with E-state index < -0.39 is 0 Å². The third kappa shape index (κ3) is 0.523. The predicted molar refractivity (Wildman–Crippen MR) is 39.9 cm³/mol. The smallest absolute Gasteiger partial charge is 0.0339 e. The second-order valence-electron chi connectivity index (χ2n) is 4.02. The van der Waals surface area contributed by atoms with Gasteiger partial charge in [0.2, 0.25) is 0 Å². The molecule has 2 heterocycles. The van der Waals surface area contributed by atoms with Gasteiger partial charge in [-0.3, -0.25) is 0 Å². The van der Waals surface area contributed by atoms with Gasteiger partial charge in [0, 0.05) is 18.1 Å². The molecule has 2 atom stereocenters. The van der Waals surface area contributed by atoms with Crippen molar-refractivity contribution in [2.24, 2.45) is 5.92 Å². The summed E-state index contributed by atoms with van der Waals surface area (Å²) in [5.41, 5.74) is 0.584. The van der Waals surface area contributed by atoms with E-state index >= 15 is 0 Å². The average molecular weight is 138 g/mol. The molecule has 2 nitrogen and oxygen atoms in total. The van der Waals surface area contributed by atoms with Crippen molar-refractivity contribution in [3.05, 3.63) is 0 Å². The van der Waals surface area contributed by atoms with E-state index in [0.717, 1.165) is 12.0 Å². The summed E-state index contributed by atoms with van der Waals surface area (Å²) >= 11 is 0. The van der Waals surface area contributed by atoms with Crippen LogP contribution in [0.3, 0.4) is 0 Å². The lowest BCUT2D eigenvalue weighted by Gasteiger charge is -2.16. The maximum Gasteiger partial charge on any atom is 0.0339 e. The molecule has 1 saturated carbocycles. The van der Waals surface area contributed by atoms with Crippen molar-refractivity contribution in [3.8, 4) is 0 Å². The van der Waals surface area contributed by atoms with Crippen LogP contribution in [0.25, 0.3) is 0 Å². The Kier molecular flexibility index (Phi) is 0.868. The van der Waals surface area contributed by atoms with Crippen molar-refractivity contribution in [2.75, 3.05) is 13.1 Å². The van der Waals surface area contributed by atoms with Crippen LogP contribution in [-0.4, -0.2) is 24.7 Å². The van der Waals surface area contributed by atoms with Crippen LogP contribution < -0.4 is 10.6 Å². The molecule has 56 valence electrons. The zero-order valence-electron chi connectivity index (χ0n) is 6.19. The van der Waals surface area contributed by atoms with Crippen LogP contribution in [0.1, 0.15) is 19.3 Å². The van der Waals surface area contributed by atoms with Crippen LogP contribution in [0.15, 0.2) is 0 Å². The minimum absolute atomic E-state index is 0.584. The molecule has 0 aromatic rings. The number of hydrogen-bond donors (Lipinski definition) is 2. The van der Waals surface area contributed by atoms with Gasteiger partial charge in [-0.25, -0.2) is 0 Å². The number of rotatable bonds is 0. The molecule has 0 amide bonds. The van der Waals surface area contributed by atoms with Crippen molar-refractivity contribution in [2.45, 2.75) is 30.8 Å². The molecule has 1 aliphatic carbocycles. The standard InChI is InChI=1S/C8H14N2/c1-4-9-7-6(1)5-10-8(7)2-3-8/h6-7,9-10H,1-5H2. The molecule has 10 heavy (non-hydrogen) atoms. The summed E-state index contributed by atoms with van der Waals surface area (Å²) in [5.74, 6) is 0.961. The Hall–Kier alpha value is -0.0800. The van der Waals surface area contributed by atoms with Crippen molar-refractivity contribution < 1.29 is 0 Å². The molecule has 3 aliphatic rings. The first kappa shape index (κ1) is 5.56. The fourth-order valence-electron chi connectivity index (χ4n) is 2.69. The fourth-order valence-corrected chi connectivity index (χ4v) is 2.69. The van der Waals surface area contributed by atoms with Gasteiger partial charge in [0.1, 0.15) is 0 Å². The van der Waals surface area contributed by atoms with Crippen molar-refractivity contribution in [1.82, 2.24) is 10.6 Å². The number of hydrogen-bond acceptors (Lipinski definition) is 2. The van der Waals surface area contributed by atoms with Crippen LogP contribution in [-0.2, 0) is 0 Å². The van der Waals surface area contributed by atoms with E-state index in [2.05, 4.69) is 10.6 Å². The third-order valence-electron chi connectivity index (χ3n) is 3.45. The highest BCUT2D eigenvalue weighted by Gasteiger charge is 2.57. The Labute approximate surface area is 61.4 Å². The van der Waals surface area contributed by atoms with E-state index in [1.165, 1.54) is 32.4 Å². The van der Waals surface area contributed by atoms with E-state index in [4.69, 9.17) is 0 Å². The molecule has 0 radical (unpaired) electrons. The van der Waals surface area contributed by atoms with Crippen molar-refractivity contribution in [3.63, 3.8) is 0 Å². The van der Waals surface area contributed by atoms with Gasteiger partial charge < -0.3 is 10.6 Å². The molecule has 1 spiro atoms. The molecule has 0 aromatic carbocycles. The second-order valence-corrected chi connectivity index (χ2v) is 4.02. The SMILES string of the molecule is C1CC2CNC3(CC3)C2N1. The summed E-state index contributed by atoms with van der Waals surface area (Å²) in [5, 5.41) is 7.26. The van der Waals surface area contributed by atoms with E-state index in [9.17, 15) is 0 Å². The molecule has 0 bridgehead atoms. The lowest BCUT2D eigenvalue weighted by molar-refractivity contribution is 0.455. The maximum absolute atomic E-state index is 3.65. The molecule has 2 saturated heterocycles. The largest absolute Gasteiger partial charge is 0.312 e. The monoisotopic (exact) mass is 138 g/mol. The maximum atomic E-state index is 3.65. The van der Waals surface area contributed by atoms with Gasteiger partial charge in [-0.1, -0.05) is 0 Å². The van der Waals surface area contributed by atoms with Gasteiger partial charge in [-0.05, 0) is 31.7 Å². The number of nitrogens with one attached hydrogen (secondary N) is 2. The Morgan fingerprint density at radius 2 is 2.20 bits per heavy atom. The molecule has 0 aromatic heterocycles. The fraction of sp³-hybridized carbons (Fsp3) is 1.00. The Bertz CT molecular complexity index is 163. The van der Waals surface area contributed by atoms with Crippen LogP contribution >= 0.6 is 0 Å². The lowest BCUT2D eigenvalue weighted by atomic mass is 9.99. The topological polar surface area (TPSA) is 24.1 Å². The van der Waals surface area contributed by atoms with Crippen molar-refractivity contribution in [1.29, 1.82) is 0 Å². The van der Waals surface area contributed by atoms with Crippen molar-refractivity contribution >= 4 is 0 Å². The van der Waals surface area contributed by atoms with Crippen LogP contribution in [0.2, 0.25) is 0 Å². The zero-order chi connectivity index (χ0) is 6.60. The summed E-state index contributed by atoms with van der Waals surface area (Å²) in [4.78, 5) is 0. The minimum Gasteiger partial charge on any atom is -0.312 e. The van der Waals surface area contributed by atoms with Gasteiger partial charge >= 0.3 is 0 Å². The second kappa shape index (κ2) is 1.56. The summed E-state index contributed by atoms with van der Waals surface area (Å²) in [6, 6.07) is 0.840. The highest BCUT2D eigenvalue weighted by Crippen LogP contribution is 2.47. The Morgan fingerprint density at radius 3 is 3.00 bits per heavy atom. The average Bonchev–Trinajstić information content (AvgIpc) is 2.40. The predicted octanol–water partition coefficient (Wildman–Crippen LogP) is 0.100. The van der Waals surface area contributed by atoms with Crippen LogP contribution in [0, 0.1) is 5.92 Å². The zero-order valence-corrected chi connectivity index (χ0v) is 6.19. The normalized spacial score (nSPS) is 48.0. The first-order valence-corrected chi connectivity index (χ1v) is 4.39. The molecular formula is C8H14N2. The first-order valence-electron chi connectivity index (χ1n) is 4.39. The summed E-state index contributed by atoms with van der Waals surface area (Å²) < 4.78 is 0. The molecule has 2 aliphatic heterocycles. The van der Waals surface area contributed by atoms with Gasteiger partial charge in [0.05, 0.1) is 0 Å². The highest BCUT2D eigenvalue weighted by atomic mass is 15.2. The quantitative estimate of drug-likeness (QED) is 0.496. The minimum atomic E-state index is 0.584. The first-order chi connectivity index (χ1) is 4.91. The highest BCUT2D eigenvalue weighted by molar-refractivity contribution is 5.18. The Balaban J connectivity index is 1.90. The van der Waals surface area contributed by atoms with Gasteiger partial charge in [0.15, 0.2) is 0 Å². The molecule has 3 rings (SSSR count). The van der Waals surface area contributed by atoms with E-state index in [0.29, 0.717) is 5.54 Å². The van der Waals surface area contributed by atoms with E-state index in [1.54, 1.807) is 0 Å². The molecule has 2 heteroatoms. The molecule has 2 unspecified atom stereocenters. The summed E-state index contributed by atoms with van der Waals surface area (Å²) in [7, 11) is 0. The molecule has 3 fully saturated rings. The lowest BCUT2D eigenvalue weighted by Crippen LogP contribution is -2.40. The Morgan fingerprint density at radius 1 is 1.30 bits per heavy atom. The van der Waals surface area contributed by atoms with Crippen LogP contribution in [0.4, 0.5) is 0 Å².